The van der Waals surface area contributed by atoms with Crippen LogP contribution in [0.15, 0.2) is 35.7 Å². The fourth-order valence-corrected chi connectivity index (χ4v) is 2.18. The molecule has 0 unspecified atom stereocenters. The number of nitrogens with zero attached hydrogens (tertiary/aromatic N) is 5. The van der Waals surface area contributed by atoms with Crippen LogP contribution in [0.2, 0.25) is 0 Å². The monoisotopic (exact) mass is 329 g/mol. The van der Waals surface area contributed by atoms with E-state index in [0.717, 1.165) is 30.7 Å². The largest absolute Gasteiger partial charge is 0.378 e. The molecule has 1 heterocycles. The summed E-state index contributed by atoms with van der Waals surface area (Å²) in [6.07, 6.45) is 2.69. The third kappa shape index (κ3) is 3.94. The fraction of sp³-hybridized carbons (Fsp3) is 0.267. The second-order valence-corrected chi connectivity index (χ2v) is 4.85. The van der Waals surface area contributed by atoms with Gasteiger partial charge in [-0.2, -0.15) is 5.10 Å². The van der Waals surface area contributed by atoms with Gasteiger partial charge in [-0.25, -0.2) is 9.97 Å². The Morgan fingerprint density at radius 2 is 1.96 bits per heavy atom. The Kier molecular flexibility index (Phi) is 5.61. The van der Waals surface area contributed by atoms with Gasteiger partial charge < -0.3 is 10.6 Å². The first-order valence-electron chi connectivity index (χ1n) is 7.45. The third-order valence-electron chi connectivity index (χ3n) is 3.44. The summed E-state index contributed by atoms with van der Waals surface area (Å²) in [4.78, 5) is 19.9. The molecule has 0 spiro atoms. The number of nitrogen functional groups attached to an aromatic ring is 1. The lowest BCUT2D eigenvalue weighted by Gasteiger charge is -2.20. The Morgan fingerprint density at radius 3 is 2.54 bits per heavy atom. The molecule has 2 aromatic rings. The highest BCUT2D eigenvalue weighted by molar-refractivity contribution is 5.81. The molecule has 1 aromatic heterocycles. The van der Waals surface area contributed by atoms with Crippen LogP contribution < -0.4 is 16.1 Å². The van der Waals surface area contributed by atoms with Gasteiger partial charge in [0.05, 0.1) is 11.1 Å². The predicted octanol–water partition coefficient (Wildman–Crippen LogP) is 2.26. The van der Waals surface area contributed by atoms with Crippen LogP contribution in [0.5, 0.6) is 0 Å². The van der Waals surface area contributed by atoms with Crippen molar-refractivity contribution in [3.63, 3.8) is 0 Å². The Bertz CT molecular complexity index is 727. The van der Waals surface area contributed by atoms with Crippen molar-refractivity contribution < 1.29 is 4.92 Å². The van der Waals surface area contributed by atoms with Gasteiger partial charge in [-0.15, -0.1) is 0 Å². The number of hydrogen-bond donors (Lipinski definition) is 2. The number of aromatic nitrogens is 2. The van der Waals surface area contributed by atoms with Crippen molar-refractivity contribution in [3.8, 4) is 0 Å². The molecule has 0 saturated carbocycles. The van der Waals surface area contributed by atoms with Crippen molar-refractivity contribution in [1.29, 1.82) is 0 Å². The van der Waals surface area contributed by atoms with E-state index in [1.807, 2.05) is 24.3 Å². The molecule has 3 N–H and O–H groups in total. The highest BCUT2D eigenvalue weighted by Gasteiger charge is 2.20. The number of hydrazone groups is 1. The summed E-state index contributed by atoms with van der Waals surface area (Å²) in [6, 6.07) is 7.84. The van der Waals surface area contributed by atoms with E-state index in [1.54, 1.807) is 6.21 Å². The number of anilines is 3. The summed E-state index contributed by atoms with van der Waals surface area (Å²) in [7, 11) is 0. The number of nitrogens with one attached hydrogen (secondary N) is 1. The fourth-order valence-electron chi connectivity index (χ4n) is 2.18. The van der Waals surface area contributed by atoms with E-state index in [9.17, 15) is 10.1 Å². The van der Waals surface area contributed by atoms with Crippen LogP contribution in [0, 0.1) is 10.1 Å². The highest BCUT2D eigenvalue weighted by atomic mass is 16.6. The molecule has 0 radical (unpaired) electrons. The summed E-state index contributed by atoms with van der Waals surface area (Å²) in [5, 5.41) is 15.0. The minimum Gasteiger partial charge on any atom is -0.378 e. The molecular weight excluding hydrogens is 310 g/mol. The first-order valence-corrected chi connectivity index (χ1v) is 7.45. The van der Waals surface area contributed by atoms with Crippen LogP contribution in [0.3, 0.4) is 0 Å². The van der Waals surface area contributed by atoms with E-state index < -0.39 is 10.6 Å². The quantitative estimate of drug-likeness (QED) is 0.453. The maximum Gasteiger partial charge on any atom is 0.354 e. The van der Waals surface area contributed by atoms with Gasteiger partial charge in [0.1, 0.15) is 6.33 Å². The molecule has 0 aliphatic carbocycles. The van der Waals surface area contributed by atoms with Crippen LogP contribution in [0.25, 0.3) is 0 Å². The normalized spacial score (nSPS) is 10.8. The van der Waals surface area contributed by atoms with Crippen LogP contribution in [-0.4, -0.2) is 34.2 Å². The lowest BCUT2D eigenvalue weighted by molar-refractivity contribution is -0.383. The summed E-state index contributed by atoms with van der Waals surface area (Å²) in [5.74, 6) is -0.264. The standard InChI is InChI=1S/C15H19N7O2/c1-3-21(4-2)12-7-5-11(6-8-12)9-19-20-15-13(22(23)24)14(16)17-10-18-15/h5-10H,3-4H2,1-2H3,(H3,16,17,18,20). The van der Waals surface area contributed by atoms with Crippen molar-refractivity contribution in [1.82, 2.24) is 9.97 Å². The zero-order valence-corrected chi connectivity index (χ0v) is 13.5. The summed E-state index contributed by atoms with van der Waals surface area (Å²) in [6.45, 7) is 6.07. The number of rotatable bonds is 7. The van der Waals surface area contributed by atoms with Gasteiger partial charge in [-0.1, -0.05) is 12.1 Å². The second-order valence-electron chi connectivity index (χ2n) is 4.85. The van der Waals surface area contributed by atoms with Crippen LogP contribution >= 0.6 is 0 Å². The third-order valence-corrected chi connectivity index (χ3v) is 3.44. The lowest BCUT2D eigenvalue weighted by Crippen LogP contribution is -2.21. The van der Waals surface area contributed by atoms with Gasteiger partial charge in [-0.05, 0) is 31.5 Å². The molecule has 2 rings (SSSR count). The SMILES string of the molecule is CCN(CC)c1ccc(C=NNc2ncnc(N)c2[N+](=O)[O-])cc1. The van der Waals surface area contributed by atoms with E-state index >= 15 is 0 Å². The Hall–Kier alpha value is -3.23. The molecule has 0 bridgehead atoms. The van der Waals surface area contributed by atoms with Gasteiger partial charge in [0.25, 0.3) is 0 Å². The Morgan fingerprint density at radius 1 is 1.29 bits per heavy atom. The lowest BCUT2D eigenvalue weighted by atomic mass is 10.2. The van der Waals surface area contributed by atoms with Crippen molar-refractivity contribution in [2.24, 2.45) is 5.10 Å². The van der Waals surface area contributed by atoms with E-state index in [0.29, 0.717) is 0 Å². The van der Waals surface area contributed by atoms with Crippen LogP contribution in [0.4, 0.5) is 23.0 Å². The molecule has 24 heavy (non-hydrogen) atoms. The second kappa shape index (κ2) is 7.86. The highest BCUT2D eigenvalue weighted by Crippen LogP contribution is 2.26. The molecule has 0 saturated heterocycles. The van der Waals surface area contributed by atoms with Gasteiger partial charge in [-0.3, -0.25) is 15.5 Å². The van der Waals surface area contributed by atoms with E-state index in [2.05, 4.69) is 39.2 Å². The maximum absolute atomic E-state index is 11.0. The number of nitro groups is 1. The molecular formula is C15H19N7O2. The smallest absolute Gasteiger partial charge is 0.354 e. The molecule has 0 aliphatic rings. The molecule has 0 atom stereocenters. The predicted molar refractivity (Wildman–Crippen MR) is 94.3 cm³/mol. The van der Waals surface area contributed by atoms with Crippen molar-refractivity contribution in [2.75, 3.05) is 29.1 Å². The average Bonchev–Trinajstić information content (AvgIpc) is 2.57. The van der Waals surface area contributed by atoms with E-state index in [-0.39, 0.29) is 11.6 Å². The first-order chi connectivity index (χ1) is 11.6. The van der Waals surface area contributed by atoms with Gasteiger partial charge in [0.2, 0.25) is 11.6 Å². The molecule has 9 nitrogen and oxygen atoms in total. The minimum atomic E-state index is -0.647. The van der Waals surface area contributed by atoms with Gasteiger partial charge >= 0.3 is 5.69 Å². The summed E-state index contributed by atoms with van der Waals surface area (Å²) >= 11 is 0. The van der Waals surface area contributed by atoms with Gasteiger partial charge in [0, 0.05) is 18.8 Å². The topological polar surface area (TPSA) is 123 Å². The Labute approximate surface area is 139 Å². The Balaban J connectivity index is 2.10. The van der Waals surface area contributed by atoms with Crippen molar-refractivity contribution in [3.05, 3.63) is 46.3 Å². The molecule has 0 aliphatic heterocycles. The summed E-state index contributed by atoms with van der Waals surface area (Å²) < 4.78 is 0. The maximum atomic E-state index is 11.0. The zero-order valence-electron chi connectivity index (χ0n) is 13.5. The number of nitrogens with two attached hydrogens (primary N) is 1. The average molecular weight is 329 g/mol. The zero-order chi connectivity index (χ0) is 17.5. The molecule has 126 valence electrons. The molecule has 0 fully saturated rings. The van der Waals surface area contributed by atoms with E-state index in [1.165, 1.54) is 0 Å². The van der Waals surface area contributed by atoms with Crippen LogP contribution in [0.1, 0.15) is 19.4 Å². The first kappa shape index (κ1) is 17.1. The molecule has 0 amide bonds. The van der Waals surface area contributed by atoms with Crippen molar-refractivity contribution in [2.45, 2.75) is 13.8 Å². The molecule has 1 aromatic carbocycles. The van der Waals surface area contributed by atoms with Crippen molar-refractivity contribution >= 4 is 29.2 Å². The molecule has 9 heteroatoms. The summed E-state index contributed by atoms with van der Waals surface area (Å²) in [5.41, 5.74) is 9.60. The van der Waals surface area contributed by atoms with E-state index in [4.69, 9.17) is 5.73 Å². The number of hydrogen-bond acceptors (Lipinski definition) is 8. The number of benzene rings is 1. The van der Waals surface area contributed by atoms with Gasteiger partial charge in [0.15, 0.2) is 0 Å². The minimum absolute atomic E-state index is 0.0523. The van der Waals surface area contributed by atoms with Crippen LogP contribution in [-0.2, 0) is 0 Å².